The van der Waals surface area contributed by atoms with Crippen molar-refractivity contribution < 1.29 is 17.6 Å². The summed E-state index contributed by atoms with van der Waals surface area (Å²) in [7, 11) is -3.69. The predicted octanol–water partition coefficient (Wildman–Crippen LogP) is 4.07. The summed E-state index contributed by atoms with van der Waals surface area (Å²) in [6.45, 7) is 5.86. The normalized spacial score (nSPS) is 11.6. The molecule has 0 spiro atoms. The lowest BCUT2D eigenvalue weighted by Crippen LogP contribution is -2.31. The van der Waals surface area contributed by atoms with Crippen LogP contribution in [-0.4, -0.2) is 31.7 Å². The number of benzene rings is 2. The molecule has 5 nitrogen and oxygen atoms in total. The van der Waals surface area contributed by atoms with Crippen LogP contribution >= 0.6 is 11.6 Å². The van der Waals surface area contributed by atoms with Gasteiger partial charge in [0, 0.05) is 24.3 Å². The molecule has 0 atom stereocenters. The third-order valence-electron chi connectivity index (χ3n) is 3.95. The van der Waals surface area contributed by atoms with Crippen LogP contribution in [0.5, 0.6) is 0 Å². The van der Waals surface area contributed by atoms with E-state index in [1.807, 2.05) is 0 Å². The fourth-order valence-electron chi connectivity index (χ4n) is 2.50. The zero-order valence-electron chi connectivity index (χ0n) is 14.7. The molecule has 0 saturated heterocycles. The fourth-order valence-corrected chi connectivity index (χ4v) is 4.39. The minimum absolute atomic E-state index is 0.0889. The van der Waals surface area contributed by atoms with Gasteiger partial charge in [-0.05, 0) is 42.8 Å². The average Bonchev–Trinajstić information content (AvgIpc) is 2.59. The van der Waals surface area contributed by atoms with Gasteiger partial charge < -0.3 is 5.32 Å². The minimum Gasteiger partial charge on any atom is -0.322 e. The molecule has 0 fully saturated rings. The first kappa shape index (κ1) is 20.4. The largest absolute Gasteiger partial charge is 0.322 e. The molecule has 0 saturated carbocycles. The van der Waals surface area contributed by atoms with Gasteiger partial charge >= 0.3 is 0 Å². The lowest BCUT2D eigenvalue weighted by atomic mass is 10.1. The highest BCUT2D eigenvalue weighted by Gasteiger charge is 2.24. The van der Waals surface area contributed by atoms with Crippen LogP contribution in [0.25, 0.3) is 0 Å². The number of aryl methyl sites for hydroxylation is 1. The summed E-state index contributed by atoms with van der Waals surface area (Å²) in [4.78, 5) is 12.5. The lowest BCUT2D eigenvalue weighted by molar-refractivity contribution is 0.102. The summed E-state index contributed by atoms with van der Waals surface area (Å²) >= 11 is 5.70. The van der Waals surface area contributed by atoms with Gasteiger partial charge in [-0.15, -0.1) is 0 Å². The predicted molar refractivity (Wildman–Crippen MR) is 101 cm³/mol. The average molecular weight is 399 g/mol. The van der Waals surface area contributed by atoms with Gasteiger partial charge in [-0.1, -0.05) is 31.5 Å². The molecule has 2 aromatic rings. The van der Waals surface area contributed by atoms with Gasteiger partial charge in [0.2, 0.25) is 10.0 Å². The summed E-state index contributed by atoms with van der Waals surface area (Å²) in [6, 6.07) is 8.28. The molecule has 26 heavy (non-hydrogen) atoms. The lowest BCUT2D eigenvalue weighted by Gasteiger charge is -2.20. The molecule has 2 rings (SSSR count). The molecule has 0 aliphatic heterocycles. The second-order valence-corrected chi connectivity index (χ2v) is 7.97. The van der Waals surface area contributed by atoms with Gasteiger partial charge in [0.25, 0.3) is 5.91 Å². The maximum Gasteiger partial charge on any atom is 0.255 e. The van der Waals surface area contributed by atoms with Crippen molar-refractivity contribution in [3.05, 3.63) is 58.4 Å². The number of carbonyl (C=O) groups excluding carboxylic acids is 1. The molecule has 0 bridgehead atoms. The molecular weight excluding hydrogens is 379 g/mol. The van der Waals surface area contributed by atoms with Gasteiger partial charge in [0.15, 0.2) is 0 Å². The molecule has 8 heteroatoms. The van der Waals surface area contributed by atoms with Crippen LogP contribution in [0.15, 0.2) is 41.3 Å². The first-order valence-electron chi connectivity index (χ1n) is 8.07. The van der Waals surface area contributed by atoms with Crippen LogP contribution in [0.1, 0.15) is 29.8 Å². The van der Waals surface area contributed by atoms with Crippen LogP contribution in [0.2, 0.25) is 5.02 Å². The summed E-state index contributed by atoms with van der Waals surface area (Å²) in [5, 5.41) is 2.47. The zero-order chi connectivity index (χ0) is 19.5. The Morgan fingerprint density at radius 1 is 1.15 bits per heavy atom. The highest BCUT2D eigenvalue weighted by Crippen LogP contribution is 2.23. The molecular formula is C18H20ClFN2O3S. The number of rotatable bonds is 6. The van der Waals surface area contributed by atoms with Crippen molar-refractivity contribution in [1.29, 1.82) is 0 Å². The van der Waals surface area contributed by atoms with Crippen LogP contribution in [0, 0.1) is 12.7 Å². The summed E-state index contributed by atoms with van der Waals surface area (Å²) in [6.07, 6.45) is 0. The number of nitrogens with zero attached hydrogens (tertiary/aromatic N) is 1. The molecule has 0 aliphatic carbocycles. The summed E-state index contributed by atoms with van der Waals surface area (Å²) in [5.41, 5.74) is 1.05. The summed E-state index contributed by atoms with van der Waals surface area (Å²) in [5.74, 6) is -1.10. The van der Waals surface area contributed by atoms with E-state index < -0.39 is 21.7 Å². The van der Waals surface area contributed by atoms with Gasteiger partial charge in [-0.25, -0.2) is 12.8 Å². The van der Waals surface area contributed by atoms with Crippen LogP contribution in [0.3, 0.4) is 0 Å². The molecule has 1 N–H and O–H groups in total. The van der Waals surface area contributed by atoms with Gasteiger partial charge in [0.1, 0.15) is 5.82 Å². The molecule has 0 aromatic heterocycles. The maximum absolute atomic E-state index is 13.2. The van der Waals surface area contributed by atoms with E-state index in [1.165, 1.54) is 28.6 Å². The van der Waals surface area contributed by atoms with Crippen molar-refractivity contribution in [3.8, 4) is 0 Å². The van der Waals surface area contributed by atoms with E-state index in [0.29, 0.717) is 24.3 Å². The monoisotopic (exact) mass is 398 g/mol. The number of hydrogen-bond acceptors (Lipinski definition) is 3. The Labute approximate surface area is 157 Å². The van der Waals surface area contributed by atoms with Crippen molar-refractivity contribution >= 4 is 33.2 Å². The highest BCUT2D eigenvalue weighted by molar-refractivity contribution is 7.89. The Balaban J connectivity index is 2.36. The smallest absolute Gasteiger partial charge is 0.255 e. The van der Waals surface area contributed by atoms with Crippen molar-refractivity contribution in [3.63, 3.8) is 0 Å². The van der Waals surface area contributed by atoms with Crippen LogP contribution < -0.4 is 5.32 Å². The van der Waals surface area contributed by atoms with E-state index in [4.69, 9.17) is 11.6 Å². The van der Waals surface area contributed by atoms with Crippen LogP contribution in [0.4, 0.5) is 10.1 Å². The van der Waals surface area contributed by atoms with Gasteiger partial charge in [-0.3, -0.25) is 4.79 Å². The first-order valence-corrected chi connectivity index (χ1v) is 9.89. The van der Waals surface area contributed by atoms with Gasteiger partial charge in [-0.2, -0.15) is 4.31 Å². The number of carbonyl (C=O) groups is 1. The topological polar surface area (TPSA) is 66.5 Å². The Morgan fingerprint density at radius 3 is 2.38 bits per heavy atom. The number of amides is 1. The standard InChI is InChI=1S/C18H20ClFN2O3S/c1-4-22(5-2)26(24,25)17-10-13(7-6-12(17)3)18(23)21-14-8-9-16(20)15(19)11-14/h6-11H,4-5H2,1-3H3,(H,21,23). The van der Waals surface area contributed by atoms with Crippen molar-refractivity contribution in [2.45, 2.75) is 25.7 Å². The Hall–Kier alpha value is -1.96. The second kappa shape index (κ2) is 8.16. The van der Waals surface area contributed by atoms with E-state index in [2.05, 4.69) is 5.32 Å². The summed E-state index contributed by atoms with van der Waals surface area (Å²) < 4.78 is 40.1. The maximum atomic E-state index is 13.2. The molecule has 0 radical (unpaired) electrons. The van der Waals surface area contributed by atoms with E-state index in [1.54, 1.807) is 26.8 Å². The molecule has 0 unspecified atom stereocenters. The highest BCUT2D eigenvalue weighted by atomic mass is 35.5. The first-order chi connectivity index (χ1) is 12.2. The number of anilines is 1. The molecule has 140 valence electrons. The number of nitrogens with one attached hydrogen (secondary N) is 1. The van der Waals surface area contributed by atoms with Crippen molar-refractivity contribution in [1.82, 2.24) is 4.31 Å². The van der Waals surface area contributed by atoms with E-state index in [9.17, 15) is 17.6 Å². The fraction of sp³-hybridized carbons (Fsp3) is 0.278. The van der Waals surface area contributed by atoms with Crippen molar-refractivity contribution in [2.24, 2.45) is 0 Å². The molecule has 0 heterocycles. The molecule has 2 aromatic carbocycles. The van der Waals surface area contributed by atoms with E-state index in [-0.39, 0.29) is 15.5 Å². The Morgan fingerprint density at radius 2 is 1.81 bits per heavy atom. The number of halogens is 2. The molecule has 1 amide bonds. The SMILES string of the molecule is CCN(CC)S(=O)(=O)c1cc(C(=O)Nc2ccc(F)c(Cl)c2)ccc1C. The minimum atomic E-state index is -3.69. The number of sulfonamides is 1. The Kier molecular flexibility index (Phi) is 6.39. The van der Waals surface area contributed by atoms with E-state index in [0.717, 1.165) is 6.07 Å². The van der Waals surface area contributed by atoms with Crippen LogP contribution in [-0.2, 0) is 10.0 Å². The third-order valence-corrected chi connectivity index (χ3v) is 6.43. The third kappa shape index (κ3) is 4.23. The van der Waals surface area contributed by atoms with Crippen molar-refractivity contribution in [2.75, 3.05) is 18.4 Å². The van der Waals surface area contributed by atoms with Gasteiger partial charge in [0.05, 0.1) is 9.92 Å². The zero-order valence-corrected chi connectivity index (χ0v) is 16.3. The molecule has 0 aliphatic rings. The quantitative estimate of drug-likeness (QED) is 0.797. The second-order valence-electron chi connectivity index (χ2n) is 5.65. The number of hydrogen-bond donors (Lipinski definition) is 1. The van der Waals surface area contributed by atoms with E-state index >= 15 is 0 Å². The Bertz CT molecular complexity index is 928.